The molecule has 2 fully saturated rings. The van der Waals surface area contributed by atoms with E-state index in [1.54, 1.807) is 11.1 Å². The minimum atomic E-state index is 0.248. The highest BCUT2D eigenvalue weighted by atomic mass is 15.2. The van der Waals surface area contributed by atoms with Crippen LogP contribution in [0, 0.1) is 28.6 Å². The van der Waals surface area contributed by atoms with Crippen molar-refractivity contribution in [1.82, 2.24) is 4.90 Å². The molecule has 0 aromatic heterocycles. The molecule has 6 rings (SSSR count). The van der Waals surface area contributed by atoms with Gasteiger partial charge < -0.3 is 0 Å². The molecular weight excluding hydrogens is 422 g/mol. The first-order valence-electron chi connectivity index (χ1n) is 14.2. The van der Waals surface area contributed by atoms with Crippen LogP contribution in [0.2, 0.25) is 0 Å². The summed E-state index contributed by atoms with van der Waals surface area (Å²) in [6, 6.07) is 16.7. The standard InChI is InChI=1S/C34H45N/c1-32(2,3)35(6)27-17-19-33(4)26(22-27)13-14-28-30-16-15-29(34(30,5)20-18-31(28)33)25-12-11-23-9-7-8-10-24(23)21-25/h7-13,15,21,27-28,30-31H,14,16-20,22H2,1-6H3/t27-,28+,30+,31+,33+,34-/m1/s1. The molecule has 35 heavy (non-hydrogen) atoms. The van der Waals surface area contributed by atoms with Crippen molar-refractivity contribution >= 4 is 16.3 Å². The summed E-state index contributed by atoms with van der Waals surface area (Å²) in [5.74, 6) is 2.51. The number of allylic oxidation sites excluding steroid dienone is 3. The van der Waals surface area contributed by atoms with Gasteiger partial charge in [0.1, 0.15) is 0 Å². The minimum absolute atomic E-state index is 0.248. The summed E-state index contributed by atoms with van der Waals surface area (Å²) in [7, 11) is 2.35. The maximum Gasteiger partial charge on any atom is 0.0135 e. The Labute approximate surface area is 213 Å². The number of hydrogen-bond donors (Lipinski definition) is 0. The molecule has 2 aromatic carbocycles. The summed E-state index contributed by atoms with van der Waals surface area (Å²) < 4.78 is 0. The highest BCUT2D eigenvalue weighted by molar-refractivity contribution is 5.87. The fourth-order valence-corrected chi connectivity index (χ4v) is 8.89. The molecule has 1 nitrogen and oxygen atoms in total. The first kappa shape index (κ1) is 23.5. The van der Waals surface area contributed by atoms with Crippen molar-refractivity contribution in [3.63, 3.8) is 0 Å². The molecule has 1 heteroatoms. The van der Waals surface area contributed by atoms with Crippen LogP contribution in [0.5, 0.6) is 0 Å². The van der Waals surface area contributed by atoms with E-state index in [9.17, 15) is 0 Å². The van der Waals surface area contributed by atoms with Crippen LogP contribution >= 0.6 is 0 Å². The van der Waals surface area contributed by atoms with Crippen LogP contribution in [0.15, 0.2) is 60.2 Å². The lowest BCUT2D eigenvalue weighted by Crippen LogP contribution is -2.53. The second kappa shape index (κ2) is 8.07. The number of benzene rings is 2. The summed E-state index contributed by atoms with van der Waals surface area (Å²) >= 11 is 0. The van der Waals surface area contributed by atoms with E-state index < -0.39 is 0 Å². The fourth-order valence-electron chi connectivity index (χ4n) is 8.89. The number of nitrogens with zero attached hydrogens (tertiary/aromatic N) is 1. The Morgan fingerprint density at radius 1 is 0.829 bits per heavy atom. The molecule has 186 valence electrons. The zero-order valence-electron chi connectivity index (χ0n) is 22.9. The van der Waals surface area contributed by atoms with Crippen molar-refractivity contribution in [1.29, 1.82) is 0 Å². The zero-order chi connectivity index (χ0) is 24.6. The van der Waals surface area contributed by atoms with Crippen LogP contribution in [0.4, 0.5) is 0 Å². The van der Waals surface area contributed by atoms with E-state index in [2.05, 4.69) is 101 Å². The Hall–Kier alpha value is -1.86. The van der Waals surface area contributed by atoms with Gasteiger partial charge in [0, 0.05) is 11.6 Å². The Bertz CT molecular complexity index is 1190. The summed E-state index contributed by atoms with van der Waals surface area (Å²) in [5, 5.41) is 2.73. The fraction of sp³-hybridized carbons (Fsp3) is 0.588. The van der Waals surface area contributed by atoms with E-state index in [4.69, 9.17) is 0 Å². The molecule has 0 saturated heterocycles. The van der Waals surface area contributed by atoms with Crippen molar-refractivity contribution in [2.75, 3.05) is 7.05 Å². The lowest BCUT2D eigenvalue weighted by atomic mass is 9.47. The first-order chi connectivity index (χ1) is 16.6. The predicted molar refractivity (Wildman–Crippen MR) is 150 cm³/mol. The van der Waals surface area contributed by atoms with Crippen LogP contribution in [-0.4, -0.2) is 23.5 Å². The topological polar surface area (TPSA) is 3.24 Å². The van der Waals surface area contributed by atoms with E-state index in [1.807, 2.05) is 0 Å². The third-order valence-electron chi connectivity index (χ3n) is 11.3. The molecule has 0 spiro atoms. The largest absolute Gasteiger partial charge is 0.298 e. The van der Waals surface area contributed by atoms with Crippen molar-refractivity contribution < 1.29 is 0 Å². The average molecular weight is 468 g/mol. The van der Waals surface area contributed by atoms with Gasteiger partial charge in [-0.25, -0.2) is 0 Å². The average Bonchev–Trinajstić information content (AvgIpc) is 3.19. The predicted octanol–water partition coefficient (Wildman–Crippen LogP) is 8.89. The van der Waals surface area contributed by atoms with E-state index in [1.165, 1.54) is 61.3 Å². The molecular formula is C34H45N. The number of fused-ring (bicyclic) bond motifs is 6. The number of rotatable bonds is 2. The summed E-state index contributed by atoms with van der Waals surface area (Å²) in [6.45, 7) is 12.4. The van der Waals surface area contributed by atoms with Crippen LogP contribution in [-0.2, 0) is 0 Å². The zero-order valence-corrected chi connectivity index (χ0v) is 22.9. The SMILES string of the molecule is CN([C@@H]1CC[C@@]2(C)C(=CC[C@@H]3[C@@H]2CC[C@]2(C)C(c4ccc5ccccc5c4)=CC[C@@H]32)C1)C(C)(C)C. The Kier molecular flexibility index (Phi) is 5.43. The molecule has 4 aliphatic rings. The van der Waals surface area contributed by atoms with Gasteiger partial charge in [0.05, 0.1) is 0 Å². The quantitative estimate of drug-likeness (QED) is 0.399. The summed E-state index contributed by atoms with van der Waals surface area (Å²) in [5.41, 5.74) is 5.91. The smallest absolute Gasteiger partial charge is 0.0135 e. The van der Waals surface area contributed by atoms with Gasteiger partial charge in [-0.05, 0) is 129 Å². The molecule has 0 N–H and O–H groups in total. The van der Waals surface area contributed by atoms with Gasteiger partial charge >= 0.3 is 0 Å². The molecule has 0 bridgehead atoms. The Balaban J connectivity index is 1.27. The van der Waals surface area contributed by atoms with Crippen LogP contribution in [0.3, 0.4) is 0 Å². The Morgan fingerprint density at radius 3 is 2.34 bits per heavy atom. The molecule has 0 radical (unpaired) electrons. The molecule has 0 heterocycles. The summed E-state index contributed by atoms with van der Waals surface area (Å²) in [4.78, 5) is 2.65. The van der Waals surface area contributed by atoms with Gasteiger partial charge in [0.2, 0.25) is 0 Å². The van der Waals surface area contributed by atoms with Crippen molar-refractivity contribution in [2.45, 2.75) is 91.1 Å². The maximum absolute atomic E-state index is 2.73. The van der Waals surface area contributed by atoms with Gasteiger partial charge in [0.25, 0.3) is 0 Å². The highest BCUT2D eigenvalue weighted by Crippen LogP contribution is 2.66. The second-order valence-corrected chi connectivity index (χ2v) is 13.8. The van der Waals surface area contributed by atoms with Gasteiger partial charge in [-0.2, -0.15) is 0 Å². The van der Waals surface area contributed by atoms with E-state index >= 15 is 0 Å². The van der Waals surface area contributed by atoms with Crippen LogP contribution < -0.4 is 0 Å². The normalized spacial score (nSPS) is 36.9. The monoisotopic (exact) mass is 467 g/mol. The van der Waals surface area contributed by atoms with Crippen molar-refractivity contribution in [3.8, 4) is 0 Å². The lowest BCUT2D eigenvalue weighted by Gasteiger charge is -2.59. The number of hydrogen-bond acceptors (Lipinski definition) is 1. The third-order valence-corrected chi connectivity index (χ3v) is 11.3. The first-order valence-corrected chi connectivity index (χ1v) is 14.2. The molecule has 6 atom stereocenters. The van der Waals surface area contributed by atoms with E-state index in [0.717, 1.165) is 17.8 Å². The van der Waals surface area contributed by atoms with Crippen LogP contribution in [0.25, 0.3) is 16.3 Å². The third kappa shape index (κ3) is 3.59. The van der Waals surface area contributed by atoms with E-state index in [-0.39, 0.29) is 5.54 Å². The highest BCUT2D eigenvalue weighted by Gasteiger charge is 2.57. The molecule has 0 unspecified atom stereocenters. The molecule has 4 aliphatic carbocycles. The van der Waals surface area contributed by atoms with Gasteiger partial charge in [0.15, 0.2) is 0 Å². The van der Waals surface area contributed by atoms with Gasteiger partial charge in [-0.15, -0.1) is 0 Å². The van der Waals surface area contributed by atoms with Gasteiger partial charge in [-0.1, -0.05) is 68.0 Å². The lowest BCUT2D eigenvalue weighted by molar-refractivity contribution is -0.0229. The van der Waals surface area contributed by atoms with E-state index in [0.29, 0.717) is 16.9 Å². The molecule has 2 aromatic rings. The van der Waals surface area contributed by atoms with Crippen molar-refractivity contribution in [3.05, 3.63) is 65.8 Å². The Morgan fingerprint density at radius 2 is 1.57 bits per heavy atom. The second-order valence-electron chi connectivity index (χ2n) is 13.8. The van der Waals surface area contributed by atoms with Crippen molar-refractivity contribution in [2.24, 2.45) is 28.6 Å². The molecule has 0 aliphatic heterocycles. The molecule has 2 saturated carbocycles. The minimum Gasteiger partial charge on any atom is -0.298 e. The van der Waals surface area contributed by atoms with Crippen LogP contribution in [0.1, 0.15) is 85.1 Å². The summed E-state index contributed by atoms with van der Waals surface area (Å²) in [6.07, 6.45) is 14.7. The molecule has 0 amide bonds. The maximum atomic E-state index is 2.73. The van der Waals surface area contributed by atoms with Gasteiger partial charge in [-0.3, -0.25) is 4.90 Å².